The Balaban J connectivity index is 0. The van der Waals surface area contributed by atoms with Crippen molar-refractivity contribution >= 4 is 0 Å². The van der Waals surface area contributed by atoms with Gasteiger partial charge in [-0.15, -0.1) is 12.0 Å². The van der Waals surface area contributed by atoms with Gasteiger partial charge >= 0.3 is 26.2 Å². The van der Waals surface area contributed by atoms with Gasteiger partial charge in [0.1, 0.15) is 0 Å². The molecule has 0 aromatic carbocycles. The van der Waals surface area contributed by atoms with E-state index in [2.05, 4.69) is 46.8 Å². The van der Waals surface area contributed by atoms with Crippen LogP contribution in [0, 0.1) is 12.0 Å². The first-order valence-electron chi connectivity index (χ1n) is 6.77. The molecule has 1 atom stereocenters. The molecule has 0 aromatic rings. The zero-order chi connectivity index (χ0) is 12.6. The summed E-state index contributed by atoms with van der Waals surface area (Å²) in [6, 6.07) is 0. The fourth-order valence-corrected chi connectivity index (χ4v) is 3.04. The average Bonchev–Trinajstić information content (AvgIpc) is 2.82. The van der Waals surface area contributed by atoms with Crippen molar-refractivity contribution in [3.05, 3.63) is 45.6 Å². The van der Waals surface area contributed by atoms with E-state index in [4.69, 9.17) is 0 Å². The molecule has 0 spiro atoms. The van der Waals surface area contributed by atoms with E-state index in [1.165, 1.54) is 35.1 Å². The van der Waals surface area contributed by atoms with Crippen LogP contribution < -0.4 is 24.8 Å². The van der Waals surface area contributed by atoms with Gasteiger partial charge in [0.25, 0.3) is 0 Å². The third kappa shape index (κ3) is 3.99. The predicted octanol–water partition coefficient (Wildman–Crippen LogP) is -0.846. The second kappa shape index (κ2) is 9.44. The number of hydrogen-bond donors (Lipinski definition) is 0. The van der Waals surface area contributed by atoms with Crippen LogP contribution >= 0.6 is 0 Å². The number of hydrogen-bond acceptors (Lipinski definition) is 0. The summed E-state index contributed by atoms with van der Waals surface area (Å²) in [6.07, 6.45) is 9.29. The molecule has 2 rings (SSSR count). The fraction of sp³-hybridized carbons (Fsp3) is 0.529. The largest absolute Gasteiger partial charge is 3.00 e. The smallest absolute Gasteiger partial charge is 1.00 e. The SMILES string of the molecule is CCCC1=[C-]CC=C1C1=C(C)C(C)=C(C)C1C.[Cl-].[Cl-].[Zr+3]. The van der Waals surface area contributed by atoms with Gasteiger partial charge in [-0.2, -0.15) is 11.6 Å². The van der Waals surface area contributed by atoms with E-state index < -0.39 is 0 Å². The molecule has 2 aliphatic carbocycles. The molecule has 0 fully saturated rings. The summed E-state index contributed by atoms with van der Waals surface area (Å²) in [7, 11) is 0. The van der Waals surface area contributed by atoms with E-state index >= 15 is 0 Å². The molecule has 2 aliphatic rings. The molecule has 0 N–H and O–H groups in total. The molecule has 1 unspecified atom stereocenters. The Morgan fingerprint density at radius 1 is 1.15 bits per heavy atom. The van der Waals surface area contributed by atoms with Gasteiger partial charge in [-0.1, -0.05) is 37.8 Å². The van der Waals surface area contributed by atoms with E-state index in [0.717, 1.165) is 6.42 Å². The zero-order valence-electron chi connectivity index (χ0n) is 13.0. The second-order valence-electron chi connectivity index (χ2n) is 5.30. The fourth-order valence-electron chi connectivity index (χ4n) is 3.04. The first-order valence-corrected chi connectivity index (χ1v) is 6.77. The van der Waals surface area contributed by atoms with Crippen LogP contribution in [0.2, 0.25) is 0 Å². The standard InChI is InChI=1S/C17H23.2ClH.Zr/c1-6-8-15-9-7-10-16(15)17-13(4)11(2)12(3)14(17)5;;;/h10,13H,6-8H2,1-5H3;2*1H;/q-1;;;+3/p-2. The minimum Gasteiger partial charge on any atom is -1.00 e. The Kier molecular flexibility index (Phi) is 10.7. The Hall–Kier alpha value is 0.423. The predicted molar refractivity (Wildman–Crippen MR) is 74.6 cm³/mol. The summed E-state index contributed by atoms with van der Waals surface area (Å²) in [4.78, 5) is 0. The second-order valence-corrected chi connectivity index (χ2v) is 5.30. The number of rotatable bonds is 3. The molecular formula is C17H23Cl2Zr. The van der Waals surface area contributed by atoms with Crippen molar-refractivity contribution < 1.29 is 51.0 Å². The average molecular weight is 390 g/mol. The van der Waals surface area contributed by atoms with Crippen LogP contribution in [0.5, 0.6) is 0 Å². The van der Waals surface area contributed by atoms with Gasteiger partial charge in [0.05, 0.1) is 0 Å². The maximum Gasteiger partial charge on any atom is 3.00 e. The van der Waals surface area contributed by atoms with Gasteiger partial charge in [-0.25, -0.2) is 5.57 Å². The van der Waals surface area contributed by atoms with Crippen molar-refractivity contribution in [2.45, 2.75) is 53.9 Å². The van der Waals surface area contributed by atoms with E-state index in [0.29, 0.717) is 5.92 Å². The maximum absolute atomic E-state index is 3.53. The normalized spacial score (nSPS) is 20.9. The van der Waals surface area contributed by atoms with Crippen LogP contribution in [0.1, 0.15) is 53.9 Å². The monoisotopic (exact) mass is 387 g/mol. The third-order valence-corrected chi connectivity index (χ3v) is 4.38. The van der Waals surface area contributed by atoms with Crippen molar-refractivity contribution in [1.82, 2.24) is 0 Å². The summed E-state index contributed by atoms with van der Waals surface area (Å²) in [5.41, 5.74) is 9.05. The van der Waals surface area contributed by atoms with Crippen molar-refractivity contribution in [1.29, 1.82) is 0 Å². The van der Waals surface area contributed by atoms with Crippen LogP contribution in [-0.4, -0.2) is 0 Å². The summed E-state index contributed by atoms with van der Waals surface area (Å²) >= 11 is 0. The van der Waals surface area contributed by atoms with Gasteiger partial charge < -0.3 is 24.8 Å². The molecule has 0 nitrogen and oxygen atoms in total. The van der Waals surface area contributed by atoms with Crippen LogP contribution in [-0.2, 0) is 26.2 Å². The maximum atomic E-state index is 3.53. The molecule has 0 heterocycles. The summed E-state index contributed by atoms with van der Waals surface area (Å²) in [5.74, 6) is 0.591. The molecular weight excluding hydrogens is 366 g/mol. The first kappa shape index (κ1) is 22.7. The first-order chi connectivity index (χ1) is 8.07. The van der Waals surface area contributed by atoms with Crippen LogP contribution in [0.4, 0.5) is 0 Å². The molecule has 0 aliphatic heterocycles. The van der Waals surface area contributed by atoms with Gasteiger partial charge in [-0.05, 0) is 32.3 Å². The molecule has 0 amide bonds. The Bertz CT molecular complexity index is 467. The molecule has 1 radical (unpaired) electrons. The van der Waals surface area contributed by atoms with Crippen LogP contribution in [0.15, 0.2) is 39.5 Å². The molecule has 0 saturated heterocycles. The Morgan fingerprint density at radius 2 is 1.75 bits per heavy atom. The summed E-state index contributed by atoms with van der Waals surface area (Å²) in [5, 5.41) is 0. The van der Waals surface area contributed by atoms with Crippen molar-refractivity contribution in [3.8, 4) is 0 Å². The summed E-state index contributed by atoms with van der Waals surface area (Å²) in [6.45, 7) is 11.4. The van der Waals surface area contributed by atoms with Crippen molar-refractivity contribution in [2.75, 3.05) is 0 Å². The van der Waals surface area contributed by atoms with E-state index in [1.807, 2.05) is 0 Å². The number of halogens is 2. The van der Waals surface area contributed by atoms with Gasteiger partial charge in [0.2, 0.25) is 0 Å². The van der Waals surface area contributed by atoms with E-state index in [1.54, 1.807) is 11.1 Å². The molecule has 0 aromatic heterocycles. The van der Waals surface area contributed by atoms with Gasteiger partial charge in [-0.3, -0.25) is 6.08 Å². The Morgan fingerprint density at radius 3 is 2.20 bits per heavy atom. The molecule has 0 saturated carbocycles. The van der Waals surface area contributed by atoms with Gasteiger partial charge in [0, 0.05) is 0 Å². The topological polar surface area (TPSA) is 0 Å². The minimum absolute atomic E-state index is 0. The quantitative estimate of drug-likeness (QED) is 0.552. The molecule has 109 valence electrons. The van der Waals surface area contributed by atoms with Gasteiger partial charge in [0.15, 0.2) is 0 Å². The minimum atomic E-state index is 0. The molecule has 20 heavy (non-hydrogen) atoms. The molecule has 3 heteroatoms. The van der Waals surface area contributed by atoms with Crippen LogP contribution in [0.3, 0.4) is 0 Å². The van der Waals surface area contributed by atoms with Crippen molar-refractivity contribution in [3.63, 3.8) is 0 Å². The summed E-state index contributed by atoms with van der Waals surface area (Å²) < 4.78 is 0. The third-order valence-electron chi connectivity index (χ3n) is 4.38. The number of allylic oxidation sites excluding steroid dienone is 8. The van der Waals surface area contributed by atoms with Crippen molar-refractivity contribution in [2.24, 2.45) is 5.92 Å². The van der Waals surface area contributed by atoms with E-state index in [9.17, 15) is 0 Å². The molecule has 0 bridgehead atoms. The van der Waals surface area contributed by atoms with E-state index in [-0.39, 0.29) is 51.0 Å². The zero-order valence-corrected chi connectivity index (χ0v) is 17.0. The Labute approximate surface area is 155 Å². The van der Waals surface area contributed by atoms with Crippen LogP contribution in [0.25, 0.3) is 0 Å².